The second-order valence-electron chi connectivity index (χ2n) is 4.97. The summed E-state index contributed by atoms with van der Waals surface area (Å²) in [4.78, 5) is 0. The largest absolute Gasteiger partial charge is 0.310 e. The molecule has 0 aliphatic carbocycles. The summed E-state index contributed by atoms with van der Waals surface area (Å²) in [7, 11) is 0. The minimum absolute atomic E-state index is 0.303. The molecule has 20 heavy (non-hydrogen) atoms. The molecular formula is C16H16Cl2FN. The Balaban J connectivity index is 2.40. The first-order valence-electron chi connectivity index (χ1n) is 6.44. The van der Waals surface area contributed by atoms with Gasteiger partial charge in [0.1, 0.15) is 5.82 Å². The van der Waals surface area contributed by atoms with Crippen LogP contribution < -0.4 is 5.32 Å². The van der Waals surface area contributed by atoms with Crippen LogP contribution in [0.4, 0.5) is 4.39 Å². The lowest BCUT2D eigenvalue weighted by atomic mass is 10.0. The van der Waals surface area contributed by atoms with E-state index in [-0.39, 0.29) is 5.82 Å². The molecule has 0 bridgehead atoms. The van der Waals surface area contributed by atoms with Crippen molar-refractivity contribution in [1.29, 1.82) is 0 Å². The van der Waals surface area contributed by atoms with Crippen LogP contribution in [0, 0.1) is 5.82 Å². The molecular weight excluding hydrogens is 296 g/mol. The van der Waals surface area contributed by atoms with E-state index < -0.39 is 0 Å². The SMILES string of the molecule is CC(C)NCc1ccc(F)c(-c2cc(Cl)ccc2Cl)c1. The van der Waals surface area contributed by atoms with Gasteiger partial charge in [-0.15, -0.1) is 0 Å². The van der Waals surface area contributed by atoms with Crippen molar-refractivity contribution >= 4 is 23.2 Å². The molecule has 2 rings (SSSR count). The Bertz CT molecular complexity index is 611. The summed E-state index contributed by atoms with van der Waals surface area (Å²) in [5, 5.41) is 4.33. The van der Waals surface area contributed by atoms with Crippen molar-refractivity contribution in [3.05, 3.63) is 57.8 Å². The van der Waals surface area contributed by atoms with E-state index in [0.717, 1.165) is 5.56 Å². The van der Waals surface area contributed by atoms with Crippen molar-refractivity contribution in [3.63, 3.8) is 0 Å². The van der Waals surface area contributed by atoms with E-state index in [0.29, 0.717) is 33.8 Å². The molecule has 0 saturated carbocycles. The van der Waals surface area contributed by atoms with Crippen LogP contribution in [0.1, 0.15) is 19.4 Å². The Hall–Kier alpha value is -1.09. The Morgan fingerprint density at radius 2 is 1.80 bits per heavy atom. The van der Waals surface area contributed by atoms with Gasteiger partial charge in [0.15, 0.2) is 0 Å². The molecule has 0 aliphatic heterocycles. The molecule has 2 aromatic rings. The Morgan fingerprint density at radius 3 is 2.50 bits per heavy atom. The maximum Gasteiger partial charge on any atom is 0.131 e. The van der Waals surface area contributed by atoms with E-state index in [1.165, 1.54) is 6.07 Å². The van der Waals surface area contributed by atoms with Gasteiger partial charge in [0.05, 0.1) is 0 Å². The molecule has 0 spiro atoms. The predicted octanol–water partition coefficient (Wildman–Crippen LogP) is 5.30. The molecule has 0 unspecified atom stereocenters. The van der Waals surface area contributed by atoms with Crippen molar-refractivity contribution in [2.24, 2.45) is 0 Å². The third kappa shape index (κ3) is 3.72. The van der Waals surface area contributed by atoms with Gasteiger partial charge in [0, 0.05) is 33.8 Å². The highest BCUT2D eigenvalue weighted by atomic mass is 35.5. The highest BCUT2D eigenvalue weighted by molar-refractivity contribution is 6.35. The molecule has 1 N–H and O–H groups in total. The average molecular weight is 312 g/mol. The first kappa shape index (κ1) is 15.3. The topological polar surface area (TPSA) is 12.0 Å². The molecule has 4 heteroatoms. The average Bonchev–Trinajstić information content (AvgIpc) is 2.41. The van der Waals surface area contributed by atoms with Crippen LogP contribution in [0.15, 0.2) is 36.4 Å². The number of nitrogens with one attached hydrogen (secondary N) is 1. The Morgan fingerprint density at radius 1 is 1.05 bits per heavy atom. The van der Waals surface area contributed by atoms with Crippen LogP contribution in [0.5, 0.6) is 0 Å². The first-order valence-corrected chi connectivity index (χ1v) is 7.20. The number of hydrogen-bond donors (Lipinski definition) is 1. The molecule has 0 atom stereocenters. The Labute approximate surface area is 128 Å². The lowest BCUT2D eigenvalue weighted by molar-refractivity contribution is 0.586. The molecule has 106 valence electrons. The monoisotopic (exact) mass is 311 g/mol. The molecule has 0 amide bonds. The summed E-state index contributed by atoms with van der Waals surface area (Å²) in [6.45, 7) is 4.82. The van der Waals surface area contributed by atoms with Crippen LogP contribution in [-0.2, 0) is 6.54 Å². The van der Waals surface area contributed by atoms with Crippen LogP contribution in [0.25, 0.3) is 11.1 Å². The molecule has 0 saturated heterocycles. The summed E-state index contributed by atoms with van der Waals surface area (Å²) in [5.41, 5.74) is 2.09. The highest BCUT2D eigenvalue weighted by Gasteiger charge is 2.11. The molecule has 0 aromatic heterocycles. The van der Waals surface area contributed by atoms with Crippen molar-refractivity contribution in [2.45, 2.75) is 26.4 Å². The molecule has 0 fully saturated rings. The quantitative estimate of drug-likeness (QED) is 0.808. The summed E-state index contributed by atoms with van der Waals surface area (Å²) in [6, 6.07) is 10.5. The molecule has 1 nitrogen and oxygen atoms in total. The lowest BCUT2D eigenvalue weighted by Gasteiger charge is -2.11. The summed E-state index contributed by atoms with van der Waals surface area (Å²) in [6.07, 6.45) is 0. The van der Waals surface area contributed by atoms with E-state index in [4.69, 9.17) is 23.2 Å². The van der Waals surface area contributed by atoms with Crippen LogP contribution in [0.3, 0.4) is 0 Å². The fraction of sp³-hybridized carbons (Fsp3) is 0.250. The van der Waals surface area contributed by atoms with Crippen LogP contribution in [0.2, 0.25) is 10.0 Å². The van der Waals surface area contributed by atoms with Crippen molar-refractivity contribution < 1.29 is 4.39 Å². The summed E-state index contributed by atoms with van der Waals surface area (Å²) in [5.74, 6) is -0.303. The minimum Gasteiger partial charge on any atom is -0.310 e. The number of halogens is 3. The third-order valence-electron chi connectivity index (χ3n) is 2.96. The Kier molecular flexibility index (Phi) is 5.03. The van der Waals surface area contributed by atoms with Gasteiger partial charge in [-0.2, -0.15) is 0 Å². The molecule has 0 heterocycles. The minimum atomic E-state index is -0.303. The van der Waals surface area contributed by atoms with Crippen LogP contribution in [-0.4, -0.2) is 6.04 Å². The van der Waals surface area contributed by atoms with E-state index >= 15 is 0 Å². The van der Waals surface area contributed by atoms with Gasteiger partial charge in [0.2, 0.25) is 0 Å². The molecule has 2 aromatic carbocycles. The maximum atomic E-state index is 14.0. The van der Waals surface area contributed by atoms with E-state index in [2.05, 4.69) is 19.2 Å². The fourth-order valence-corrected chi connectivity index (χ4v) is 2.31. The standard InChI is InChI=1S/C16H16Cl2FN/c1-10(2)20-9-11-3-6-16(19)14(7-11)13-8-12(17)4-5-15(13)18/h3-8,10,20H,9H2,1-2H3. The smallest absolute Gasteiger partial charge is 0.131 e. The summed E-state index contributed by atoms with van der Waals surface area (Å²) < 4.78 is 14.0. The normalized spacial score (nSPS) is 11.1. The van der Waals surface area contributed by atoms with Gasteiger partial charge in [0.25, 0.3) is 0 Å². The van der Waals surface area contributed by atoms with Crippen molar-refractivity contribution in [3.8, 4) is 11.1 Å². The highest BCUT2D eigenvalue weighted by Crippen LogP contribution is 2.32. The third-order valence-corrected chi connectivity index (χ3v) is 3.53. The van der Waals surface area contributed by atoms with Crippen LogP contribution >= 0.6 is 23.2 Å². The molecule has 0 aliphatic rings. The second kappa shape index (κ2) is 6.57. The van der Waals surface area contributed by atoms with Gasteiger partial charge in [-0.05, 0) is 35.9 Å². The first-order chi connectivity index (χ1) is 9.47. The fourth-order valence-electron chi connectivity index (χ4n) is 1.91. The zero-order valence-electron chi connectivity index (χ0n) is 11.4. The molecule has 0 radical (unpaired) electrons. The van der Waals surface area contributed by atoms with Crippen molar-refractivity contribution in [2.75, 3.05) is 0 Å². The van der Waals surface area contributed by atoms with Gasteiger partial charge in [-0.1, -0.05) is 43.1 Å². The number of benzene rings is 2. The summed E-state index contributed by atoms with van der Waals surface area (Å²) >= 11 is 12.1. The van der Waals surface area contributed by atoms with Crippen molar-refractivity contribution in [1.82, 2.24) is 5.32 Å². The van der Waals surface area contributed by atoms with Gasteiger partial charge < -0.3 is 5.32 Å². The predicted molar refractivity (Wildman–Crippen MR) is 83.8 cm³/mol. The van der Waals surface area contributed by atoms with Gasteiger partial charge >= 0.3 is 0 Å². The zero-order chi connectivity index (χ0) is 14.7. The van der Waals surface area contributed by atoms with E-state index in [9.17, 15) is 4.39 Å². The van der Waals surface area contributed by atoms with E-state index in [1.807, 2.05) is 6.07 Å². The maximum absolute atomic E-state index is 14.0. The lowest BCUT2D eigenvalue weighted by Crippen LogP contribution is -2.21. The number of hydrogen-bond acceptors (Lipinski definition) is 1. The number of rotatable bonds is 4. The van der Waals surface area contributed by atoms with E-state index in [1.54, 1.807) is 24.3 Å². The second-order valence-corrected chi connectivity index (χ2v) is 5.82. The van der Waals surface area contributed by atoms with Gasteiger partial charge in [-0.3, -0.25) is 0 Å². The van der Waals surface area contributed by atoms with Gasteiger partial charge in [-0.25, -0.2) is 4.39 Å². The zero-order valence-corrected chi connectivity index (χ0v) is 12.9.